The first-order valence-electron chi connectivity index (χ1n) is 6.38. The SMILES string of the molecule is CCCc1nc(Cn2cnn(C(C)(C)C)c2=O)no1. The molecule has 0 aliphatic rings. The maximum atomic E-state index is 12.1. The zero-order chi connectivity index (χ0) is 14.0. The van der Waals surface area contributed by atoms with Crippen LogP contribution in [-0.4, -0.2) is 24.5 Å². The first-order valence-corrected chi connectivity index (χ1v) is 6.38. The van der Waals surface area contributed by atoms with Gasteiger partial charge in [-0.15, -0.1) is 0 Å². The van der Waals surface area contributed by atoms with E-state index in [1.54, 1.807) is 0 Å². The average molecular weight is 265 g/mol. The van der Waals surface area contributed by atoms with E-state index in [1.165, 1.54) is 15.6 Å². The van der Waals surface area contributed by atoms with E-state index in [1.807, 2.05) is 27.7 Å². The Labute approximate surface area is 111 Å². The van der Waals surface area contributed by atoms with Gasteiger partial charge in [0, 0.05) is 6.42 Å². The lowest BCUT2D eigenvalue weighted by Crippen LogP contribution is -2.36. The Kier molecular flexibility index (Phi) is 3.55. The Morgan fingerprint density at radius 2 is 2.11 bits per heavy atom. The van der Waals surface area contributed by atoms with Gasteiger partial charge in [0.05, 0.1) is 12.1 Å². The zero-order valence-corrected chi connectivity index (χ0v) is 11.8. The molecule has 0 unspecified atom stereocenters. The molecule has 0 saturated heterocycles. The van der Waals surface area contributed by atoms with Gasteiger partial charge in [-0.1, -0.05) is 12.1 Å². The highest BCUT2D eigenvalue weighted by molar-refractivity contribution is 4.89. The van der Waals surface area contributed by atoms with E-state index >= 15 is 0 Å². The molecule has 2 heterocycles. The van der Waals surface area contributed by atoms with Gasteiger partial charge in [-0.3, -0.25) is 4.57 Å². The Balaban J connectivity index is 2.19. The molecule has 0 aliphatic heterocycles. The quantitative estimate of drug-likeness (QED) is 0.829. The molecule has 0 amide bonds. The zero-order valence-electron chi connectivity index (χ0n) is 11.8. The van der Waals surface area contributed by atoms with Crippen molar-refractivity contribution < 1.29 is 4.52 Å². The van der Waals surface area contributed by atoms with Gasteiger partial charge in [-0.25, -0.2) is 9.48 Å². The minimum atomic E-state index is -0.340. The fraction of sp³-hybridized carbons (Fsp3) is 0.667. The van der Waals surface area contributed by atoms with Crippen molar-refractivity contribution in [3.8, 4) is 0 Å². The molecule has 0 spiro atoms. The average Bonchev–Trinajstić information content (AvgIpc) is 2.88. The molecule has 0 N–H and O–H groups in total. The molecule has 7 nitrogen and oxygen atoms in total. The van der Waals surface area contributed by atoms with Crippen LogP contribution in [0.4, 0.5) is 0 Å². The van der Waals surface area contributed by atoms with E-state index in [4.69, 9.17) is 4.52 Å². The molecule has 0 bridgehead atoms. The molecule has 2 aromatic rings. The van der Waals surface area contributed by atoms with Crippen LogP contribution in [0, 0.1) is 0 Å². The standard InChI is InChI=1S/C12H19N5O2/c1-5-6-10-14-9(15-19-10)7-16-8-13-17(11(16)18)12(2,3)4/h8H,5-7H2,1-4H3. The lowest BCUT2D eigenvalue weighted by Gasteiger charge is -2.16. The van der Waals surface area contributed by atoms with E-state index < -0.39 is 0 Å². The summed E-state index contributed by atoms with van der Waals surface area (Å²) in [5.74, 6) is 1.10. The lowest BCUT2D eigenvalue weighted by atomic mass is 10.1. The third-order valence-corrected chi connectivity index (χ3v) is 2.65. The highest BCUT2D eigenvalue weighted by atomic mass is 16.5. The normalized spacial score (nSPS) is 12.0. The molecular formula is C12H19N5O2. The fourth-order valence-electron chi connectivity index (χ4n) is 1.73. The second-order valence-electron chi connectivity index (χ2n) is 5.48. The van der Waals surface area contributed by atoms with E-state index in [-0.39, 0.29) is 17.8 Å². The summed E-state index contributed by atoms with van der Waals surface area (Å²) in [6.45, 7) is 8.11. The molecule has 0 atom stereocenters. The number of hydrogen-bond donors (Lipinski definition) is 0. The largest absolute Gasteiger partial charge is 0.346 e. The van der Waals surface area contributed by atoms with Gasteiger partial charge in [0.1, 0.15) is 6.33 Å². The smallest absolute Gasteiger partial charge is 0.339 e. The van der Waals surface area contributed by atoms with Crippen LogP contribution in [0.2, 0.25) is 0 Å². The Morgan fingerprint density at radius 1 is 1.37 bits per heavy atom. The molecule has 0 fully saturated rings. The van der Waals surface area contributed by atoms with E-state index in [0.29, 0.717) is 11.7 Å². The second-order valence-corrected chi connectivity index (χ2v) is 5.48. The van der Waals surface area contributed by atoms with Gasteiger partial charge in [0.15, 0.2) is 5.82 Å². The third kappa shape index (κ3) is 2.91. The number of aryl methyl sites for hydroxylation is 1. The van der Waals surface area contributed by atoms with Crippen LogP contribution in [0.1, 0.15) is 45.8 Å². The van der Waals surface area contributed by atoms with E-state index in [2.05, 4.69) is 15.2 Å². The number of nitrogens with zero attached hydrogens (tertiary/aromatic N) is 5. The van der Waals surface area contributed by atoms with Crippen molar-refractivity contribution in [3.63, 3.8) is 0 Å². The van der Waals surface area contributed by atoms with Crippen molar-refractivity contribution in [2.75, 3.05) is 0 Å². The third-order valence-electron chi connectivity index (χ3n) is 2.65. The molecule has 0 aromatic carbocycles. The molecule has 0 radical (unpaired) electrons. The predicted octanol–water partition coefficient (Wildman–Crippen LogP) is 1.18. The Morgan fingerprint density at radius 3 is 2.68 bits per heavy atom. The molecular weight excluding hydrogens is 246 g/mol. The maximum Gasteiger partial charge on any atom is 0.346 e. The van der Waals surface area contributed by atoms with E-state index in [0.717, 1.165) is 12.8 Å². The van der Waals surface area contributed by atoms with Crippen LogP contribution < -0.4 is 5.69 Å². The van der Waals surface area contributed by atoms with Crippen LogP contribution in [0.25, 0.3) is 0 Å². The van der Waals surface area contributed by atoms with Gasteiger partial charge < -0.3 is 4.52 Å². The summed E-state index contributed by atoms with van der Waals surface area (Å²) in [7, 11) is 0. The molecule has 0 aliphatic carbocycles. The second kappa shape index (κ2) is 4.99. The Bertz CT molecular complexity index is 602. The number of aromatic nitrogens is 5. The minimum Gasteiger partial charge on any atom is -0.339 e. The topological polar surface area (TPSA) is 78.7 Å². The number of rotatable bonds is 4. The molecule has 2 rings (SSSR count). The van der Waals surface area contributed by atoms with Crippen molar-refractivity contribution in [2.45, 2.75) is 52.6 Å². The van der Waals surface area contributed by atoms with Crippen LogP contribution >= 0.6 is 0 Å². The summed E-state index contributed by atoms with van der Waals surface area (Å²) < 4.78 is 8.01. The summed E-state index contributed by atoms with van der Waals surface area (Å²) in [5.41, 5.74) is -0.512. The molecule has 104 valence electrons. The highest BCUT2D eigenvalue weighted by Gasteiger charge is 2.19. The van der Waals surface area contributed by atoms with Crippen molar-refractivity contribution in [1.82, 2.24) is 24.5 Å². The number of hydrogen-bond acceptors (Lipinski definition) is 5. The molecule has 0 saturated carbocycles. The van der Waals surface area contributed by atoms with Gasteiger partial charge in [-0.05, 0) is 27.2 Å². The van der Waals surface area contributed by atoms with Crippen molar-refractivity contribution in [1.29, 1.82) is 0 Å². The maximum absolute atomic E-state index is 12.1. The summed E-state index contributed by atoms with van der Waals surface area (Å²) in [5, 5.41) is 7.97. The van der Waals surface area contributed by atoms with Crippen LogP contribution in [0.3, 0.4) is 0 Å². The van der Waals surface area contributed by atoms with E-state index in [9.17, 15) is 4.79 Å². The first kappa shape index (κ1) is 13.5. The van der Waals surface area contributed by atoms with Crippen LogP contribution in [0.5, 0.6) is 0 Å². The predicted molar refractivity (Wildman–Crippen MR) is 68.9 cm³/mol. The van der Waals surface area contributed by atoms with Crippen molar-refractivity contribution in [3.05, 3.63) is 28.5 Å². The highest BCUT2D eigenvalue weighted by Crippen LogP contribution is 2.08. The summed E-state index contributed by atoms with van der Waals surface area (Å²) in [6.07, 6.45) is 3.20. The van der Waals surface area contributed by atoms with Gasteiger partial charge >= 0.3 is 5.69 Å². The van der Waals surface area contributed by atoms with Gasteiger partial charge in [0.25, 0.3) is 0 Å². The monoisotopic (exact) mass is 265 g/mol. The lowest BCUT2D eigenvalue weighted by molar-refractivity contribution is 0.340. The van der Waals surface area contributed by atoms with Crippen LogP contribution in [0.15, 0.2) is 15.6 Å². The van der Waals surface area contributed by atoms with Crippen molar-refractivity contribution in [2.24, 2.45) is 0 Å². The molecule has 7 heteroatoms. The Hall–Kier alpha value is -1.92. The minimum absolute atomic E-state index is 0.172. The molecule has 19 heavy (non-hydrogen) atoms. The summed E-state index contributed by atoms with van der Waals surface area (Å²) in [6, 6.07) is 0. The first-order chi connectivity index (χ1) is 8.91. The van der Waals surface area contributed by atoms with Gasteiger partial charge in [-0.2, -0.15) is 10.1 Å². The summed E-state index contributed by atoms with van der Waals surface area (Å²) in [4.78, 5) is 16.4. The van der Waals surface area contributed by atoms with Crippen molar-refractivity contribution >= 4 is 0 Å². The van der Waals surface area contributed by atoms with Crippen LogP contribution in [-0.2, 0) is 18.5 Å². The van der Waals surface area contributed by atoms with Gasteiger partial charge in [0.2, 0.25) is 5.89 Å². The molecule has 2 aromatic heterocycles. The summed E-state index contributed by atoms with van der Waals surface area (Å²) >= 11 is 0. The fourth-order valence-corrected chi connectivity index (χ4v) is 1.73.